The lowest BCUT2D eigenvalue weighted by Crippen LogP contribution is -2.36. The smallest absolute Gasteiger partial charge is 0.294 e. The van der Waals surface area contributed by atoms with Gasteiger partial charge in [-0.2, -0.15) is 0 Å². The quantitative estimate of drug-likeness (QED) is 0.321. The molecular weight excluding hydrogens is 542 g/mol. The number of carbonyl (C=O) groups is 3. The van der Waals surface area contributed by atoms with E-state index < -0.39 is 29.4 Å². The highest BCUT2D eigenvalue weighted by Gasteiger charge is 2.36. The molecular formula is C26H19Cl2FN2O5S. The van der Waals surface area contributed by atoms with Crippen molar-refractivity contribution in [3.8, 4) is 11.5 Å². The van der Waals surface area contributed by atoms with Crippen molar-refractivity contribution in [2.24, 2.45) is 0 Å². The highest BCUT2D eigenvalue weighted by Crippen LogP contribution is 2.35. The molecule has 37 heavy (non-hydrogen) atoms. The second kappa shape index (κ2) is 11.7. The molecule has 0 aliphatic carbocycles. The van der Waals surface area contributed by atoms with E-state index in [4.69, 9.17) is 32.7 Å². The van der Waals surface area contributed by atoms with Crippen LogP contribution in [0, 0.1) is 5.82 Å². The van der Waals surface area contributed by atoms with Crippen LogP contribution in [0.3, 0.4) is 0 Å². The fraction of sp³-hybridized carbons (Fsp3) is 0.115. The first-order valence-electron chi connectivity index (χ1n) is 10.8. The maximum Gasteiger partial charge on any atom is 0.294 e. The van der Waals surface area contributed by atoms with E-state index in [1.54, 1.807) is 36.4 Å². The van der Waals surface area contributed by atoms with Crippen LogP contribution in [0.2, 0.25) is 10.0 Å². The third kappa shape index (κ3) is 6.62. The predicted molar refractivity (Wildman–Crippen MR) is 141 cm³/mol. The molecule has 1 heterocycles. The molecule has 1 aliphatic rings. The van der Waals surface area contributed by atoms with E-state index in [0.717, 1.165) is 22.2 Å². The first-order chi connectivity index (χ1) is 17.7. The molecule has 3 aromatic rings. The van der Waals surface area contributed by atoms with Gasteiger partial charge in [0.05, 0.1) is 12.0 Å². The third-order valence-electron chi connectivity index (χ3n) is 5.19. The average Bonchev–Trinajstić information content (AvgIpc) is 3.12. The number of imide groups is 1. The molecule has 11 heteroatoms. The van der Waals surface area contributed by atoms with Crippen molar-refractivity contribution < 1.29 is 28.2 Å². The molecule has 7 nitrogen and oxygen atoms in total. The molecule has 1 N–H and O–H groups in total. The first kappa shape index (κ1) is 26.5. The number of carbonyl (C=O) groups excluding carboxylic acids is 3. The number of halogens is 3. The van der Waals surface area contributed by atoms with Crippen LogP contribution in [-0.2, 0) is 16.2 Å². The molecule has 0 atom stereocenters. The number of anilines is 1. The van der Waals surface area contributed by atoms with E-state index in [1.165, 1.54) is 37.5 Å². The fourth-order valence-corrected chi connectivity index (χ4v) is 4.65. The Balaban J connectivity index is 1.43. The van der Waals surface area contributed by atoms with Crippen molar-refractivity contribution in [2.45, 2.75) is 6.61 Å². The Bertz CT molecular complexity index is 1400. The molecule has 1 saturated heterocycles. The summed E-state index contributed by atoms with van der Waals surface area (Å²) >= 11 is 12.9. The summed E-state index contributed by atoms with van der Waals surface area (Å²) in [7, 11) is 1.48. The SMILES string of the molecule is COc1cc(/C=C2\SC(=O)N(CC(=O)Nc3ccc(F)cc3)C2=O)ccc1OCc1ccc(Cl)cc1Cl. The van der Waals surface area contributed by atoms with Crippen molar-refractivity contribution in [2.75, 3.05) is 19.0 Å². The minimum atomic E-state index is -0.596. The van der Waals surface area contributed by atoms with E-state index in [1.807, 2.05) is 0 Å². The summed E-state index contributed by atoms with van der Waals surface area (Å²) in [6.45, 7) is -0.284. The van der Waals surface area contributed by atoms with E-state index in [0.29, 0.717) is 32.8 Å². The fourth-order valence-electron chi connectivity index (χ4n) is 3.35. The summed E-state index contributed by atoms with van der Waals surface area (Å²) < 4.78 is 24.3. The highest BCUT2D eigenvalue weighted by molar-refractivity contribution is 8.18. The van der Waals surface area contributed by atoms with Gasteiger partial charge in [0.25, 0.3) is 11.1 Å². The van der Waals surface area contributed by atoms with E-state index in [-0.39, 0.29) is 11.5 Å². The van der Waals surface area contributed by atoms with Gasteiger partial charge in [0.15, 0.2) is 11.5 Å². The van der Waals surface area contributed by atoms with Gasteiger partial charge in [-0.1, -0.05) is 35.3 Å². The van der Waals surface area contributed by atoms with Gasteiger partial charge >= 0.3 is 0 Å². The second-order valence-electron chi connectivity index (χ2n) is 7.76. The normalized spacial score (nSPS) is 14.3. The Hall–Kier alpha value is -3.53. The maximum absolute atomic E-state index is 13.0. The number of hydrogen-bond donors (Lipinski definition) is 1. The van der Waals surface area contributed by atoms with E-state index in [9.17, 15) is 18.8 Å². The van der Waals surface area contributed by atoms with Crippen LogP contribution < -0.4 is 14.8 Å². The largest absolute Gasteiger partial charge is 0.493 e. The van der Waals surface area contributed by atoms with Crippen molar-refractivity contribution in [1.82, 2.24) is 4.90 Å². The van der Waals surface area contributed by atoms with Gasteiger partial charge in [-0.15, -0.1) is 0 Å². The molecule has 0 spiro atoms. The number of ether oxygens (including phenoxy) is 2. The van der Waals surface area contributed by atoms with Crippen LogP contribution in [0.4, 0.5) is 14.9 Å². The van der Waals surface area contributed by atoms with Crippen molar-refractivity contribution in [1.29, 1.82) is 0 Å². The van der Waals surface area contributed by atoms with E-state index >= 15 is 0 Å². The van der Waals surface area contributed by atoms with Gasteiger partial charge in [0.1, 0.15) is 19.0 Å². The maximum atomic E-state index is 13.0. The van der Waals surface area contributed by atoms with Crippen LogP contribution in [0.15, 0.2) is 65.6 Å². The van der Waals surface area contributed by atoms with Gasteiger partial charge in [-0.25, -0.2) is 4.39 Å². The van der Waals surface area contributed by atoms with Crippen molar-refractivity contribution in [3.63, 3.8) is 0 Å². The summed E-state index contributed by atoms with van der Waals surface area (Å²) in [6, 6.07) is 15.3. The summed E-state index contributed by atoms with van der Waals surface area (Å²) in [5.41, 5.74) is 1.69. The summed E-state index contributed by atoms with van der Waals surface area (Å²) in [5.74, 6) is -0.760. The van der Waals surface area contributed by atoms with E-state index in [2.05, 4.69) is 5.32 Å². The van der Waals surface area contributed by atoms with Crippen LogP contribution in [0.5, 0.6) is 11.5 Å². The highest BCUT2D eigenvalue weighted by atomic mass is 35.5. The van der Waals surface area contributed by atoms with Crippen LogP contribution >= 0.6 is 35.0 Å². The topological polar surface area (TPSA) is 84.9 Å². The van der Waals surface area contributed by atoms with Gasteiger partial charge in [-0.3, -0.25) is 19.3 Å². The molecule has 0 aromatic heterocycles. The zero-order valence-electron chi connectivity index (χ0n) is 19.3. The first-order valence-corrected chi connectivity index (χ1v) is 12.4. The predicted octanol–water partition coefficient (Wildman–Crippen LogP) is 6.40. The summed E-state index contributed by atoms with van der Waals surface area (Å²) in [6.07, 6.45) is 1.53. The third-order valence-corrected chi connectivity index (χ3v) is 6.68. The molecule has 3 aromatic carbocycles. The summed E-state index contributed by atoms with van der Waals surface area (Å²) in [4.78, 5) is 38.5. The van der Waals surface area contributed by atoms with Crippen LogP contribution in [-0.4, -0.2) is 35.6 Å². The van der Waals surface area contributed by atoms with Gasteiger partial charge < -0.3 is 14.8 Å². The second-order valence-corrected chi connectivity index (χ2v) is 9.59. The Morgan fingerprint density at radius 3 is 2.51 bits per heavy atom. The molecule has 4 rings (SSSR count). The monoisotopic (exact) mass is 560 g/mol. The number of benzene rings is 3. The standard InChI is InChI=1S/C26H19Cl2FN2O5S/c1-35-22-10-15(2-9-21(22)36-14-16-3-4-17(27)12-20(16)28)11-23-25(33)31(26(34)37-23)13-24(32)30-19-7-5-18(29)6-8-19/h2-12H,13-14H2,1H3,(H,30,32)/b23-11-. The number of nitrogens with one attached hydrogen (secondary N) is 1. The molecule has 1 aliphatic heterocycles. The number of rotatable bonds is 8. The zero-order valence-corrected chi connectivity index (χ0v) is 21.6. The Labute approximate surface area is 226 Å². The Morgan fingerprint density at radius 2 is 1.81 bits per heavy atom. The van der Waals surface area contributed by atoms with Crippen LogP contribution in [0.25, 0.3) is 6.08 Å². The molecule has 0 unspecified atom stereocenters. The minimum Gasteiger partial charge on any atom is -0.493 e. The molecule has 0 saturated carbocycles. The van der Waals surface area contributed by atoms with Crippen molar-refractivity contribution in [3.05, 3.63) is 92.6 Å². The van der Waals surface area contributed by atoms with Crippen molar-refractivity contribution >= 4 is 63.8 Å². The van der Waals surface area contributed by atoms with Gasteiger partial charge in [0.2, 0.25) is 5.91 Å². The number of thioether (sulfide) groups is 1. The molecule has 1 fully saturated rings. The Kier molecular flexibility index (Phi) is 8.38. The minimum absolute atomic E-state index is 0.156. The van der Waals surface area contributed by atoms with Gasteiger partial charge in [0, 0.05) is 21.3 Å². The Morgan fingerprint density at radius 1 is 1.05 bits per heavy atom. The number of amides is 3. The lowest BCUT2D eigenvalue weighted by atomic mass is 10.1. The van der Waals surface area contributed by atoms with Crippen LogP contribution in [0.1, 0.15) is 11.1 Å². The number of hydrogen-bond acceptors (Lipinski definition) is 6. The number of methoxy groups -OCH3 is 1. The molecule has 0 bridgehead atoms. The molecule has 3 amide bonds. The summed E-state index contributed by atoms with van der Waals surface area (Å²) in [5, 5.41) is 2.95. The lowest BCUT2D eigenvalue weighted by molar-refractivity contribution is -0.127. The van der Waals surface area contributed by atoms with Gasteiger partial charge in [-0.05, 0) is 71.9 Å². The molecule has 190 valence electrons. The number of nitrogens with zero attached hydrogens (tertiary/aromatic N) is 1. The average molecular weight is 561 g/mol. The molecule has 0 radical (unpaired) electrons. The zero-order chi connectivity index (χ0) is 26.5. The lowest BCUT2D eigenvalue weighted by Gasteiger charge is -2.13.